The number of alkyl halides is 2. The molecule has 0 amide bonds. The summed E-state index contributed by atoms with van der Waals surface area (Å²) in [6.45, 7) is 4.93. The van der Waals surface area contributed by atoms with Gasteiger partial charge in [0, 0.05) is 48.8 Å². The van der Waals surface area contributed by atoms with Crippen LogP contribution in [0.5, 0.6) is 5.75 Å². The van der Waals surface area contributed by atoms with Crippen LogP contribution in [0, 0.1) is 13.8 Å². The molecule has 8 rings (SSSR count). The average Bonchev–Trinajstić information content (AvgIpc) is 3.85. The minimum atomic E-state index is -3.06. The molecule has 6 aromatic rings. The number of hydrogen-bond acceptors (Lipinski definition) is 9. The summed E-state index contributed by atoms with van der Waals surface area (Å²) in [5.41, 5.74) is 8.26. The van der Waals surface area contributed by atoms with Crippen LogP contribution >= 0.6 is 0 Å². The lowest BCUT2D eigenvalue weighted by atomic mass is 9.91. The first-order chi connectivity index (χ1) is 24.9. The molecule has 2 aromatic heterocycles. The van der Waals surface area contributed by atoms with E-state index in [-0.39, 0.29) is 17.9 Å². The van der Waals surface area contributed by atoms with Gasteiger partial charge in [-0.25, -0.2) is 9.97 Å². The Kier molecular flexibility index (Phi) is 8.56. The van der Waals surface area contributed by atoms with Crippen LogP contribution in [-0.2, 0) is 17.9 Å². The van der Waals surface area contributed by atoms with Crippen molar-refractivity contribution in [3.8, 4) is 39.8 Å². The molecule has 10 nitrogen and oxygen atoms in total. The highest BCUT2D eigenvalue weighted by Gasteiger charge is 2.38. The number of aliphatic hydroxyl groups is 1. The molecule has 4 aromatic carbocycles. The summed E-state index contributed by atoms with van der Waals surface area (Å²) >= 11 is 0. The maximum atomic E-state index is 13.5. The van der Waals surface area contributed by atoms with E-state index in [1.807, 2.05) is 80.3 Å². The van der Waals surface area contributed by atoms with Crippen LogP contribution in [-0.4, -0.2) is 67.4 Å². The van der Waals surface area contributed by atoms with Crippen LogP contribution in [0.1, 0.15) is 48.4 Å². The Morgan fingerprint density at radius 1 is 0.904 bits per heavy atom. The van der Waals surface area contributed by atoms with Gasteiger partial charge < -0.3 is 23.8 Å². The van der Waals surface area contributed by atoms with Gasteiger partial charge in [0.05, 0.1) is 0 Å². The Hall–Kier alpha value is -5.17. The standard InChI is InChI=1S/C40H38F2N4O6/c1-22-26(7-4-9-28(22)36-43-30-17-24(12-13-33(30)50-36)20-46-16-14-40(46,3)49)27-8-5-10-29(23(27)2)37-44-31-18-25(21-45-15-6-11-32(45)38(47)48)34(52-39(41)42)19-35(31)51-37/h4-5,7-10,12-13,17-19,32,39,49H,6,11,14-16,20-21H2,1-3H3,(H,47,48)/t32-,40?/m0/s1. The van der Waals surface area contributed by atoms with Crippen molar-refractivity contribution in [3.05, 3.63) is 89.0 Å². The average molecular weight is 709 g/mol. The second-order valence-electron chi connectivity index (χ2n) is 14.0. The number of likely N-dealkylation sites (tertiary alicyclic amines) is 2. The number of nitrogens with zero attached hydrogens (tertiary/aromatic N) is 4. The predicted octanol–water partition coefficient (Wildman–Crippen LogP) is 8.15. The molecule has 2 saturated heterocycles. The van der Waals surface area contributed by atoms with E-state index in [4.69, 9.17) is 23.5 Å². The molecule has 4 heterocycles. The van der Waals surface area contributed by atoms with E-state index in [0.717, 1.165) is 57.4 Å². The molecule has 0 saturated carbocycles. The van der Waals surface area contributed by atoms with E-state index in [9.17, 15) is 23.8 Å². The summed E-state index contributed by atoms with van der Waals surface area (Å²) in [7, 11) is 0. The Morgan fingerprint density at radius 2 is 1.54 bits per heavy atom. The van der Waals surface area contributed by atoms with Gasteiger partial charge in [0.1, 0.15) is 28.5 Å². The number of oxazole rings is 2. The molecule has 268 valence electrons. The van der Waals surface area contributed by atoms with Gasteiger partial charge in [0.15, 0.2) is 11.2 Å². The summed E-state index contributed by atoms with van der Waals surface area (Å²) in [4.78, 5) is 25.2. The summed E-state index contributed by atoms with van der Waals surface area (Å²) in [6, 6.07) is 20.1. The number of aliphatic carboxylic acids is 1. The molecule has 1 unspecified atom stereocenters. The third-order valence-corrected chi connectivity index (χ3v) is 10.6. The molecule has 2 atom stereocenters. The van der Waals surface area contributed by atoms with E-state index in [1.54, 1.807) is 11.0 Å². The number of hydrogen-bond donors (Lipinski definition) is 2. The van der Waals surface area contributed by atoms with Crippen LogP contribution in [0.3, 0.4) is 0 Å². The van der Waals surface area contributed by atoms with Crippen molar-refractivity contribution in [2.75, 3.05) is 13.1 Å². The number of ether oxygens (including phenoxy) is 1. The Bertz CT molecular complexity index is 2330. The Balaban J connectivity index is 1.11. The summed E-state index contributed by atoms with van der Waals surface area (Å²) in [6.07, 6.45) is 1.96. The fourth-order valence-electron chi connectivity index (χ4n) is 7.52. The van der Waals surface area contributed by atoms with Crippen molar-refractivity contribution in [3.63, 3.8) is 0 Å². The molecule has 0 bridgehead atoms. The fraction of sp³-hybridized carbons (Fsp3) is 0.325. The molecular weight excluding hydrogens is 670 g/mol. The van der Waals surface area contributed by atoms with Crippen molar-refractivity contribution in [2.45, 2.75) is 71.5 Å². The number of carboxylic acids is 1. The first kappa shape index (κ1) is 33.9. The second-order valence-corrected chi connectivity index (χ2v) is 14.0. The van der Waals surface area contributed by atoms with Crippen LogP contribution in [0.15, 0.2) is 75.6 Å². The number of halogens is 2. The molecule has 2 aliphatic heterocycles. The van der Waals surface area contributed by atoms with Crippen LogP contribution < -0.4 is 4.74 Å². The van der Waals surface area contributed by atoms with Gasteiger partial charge >= 0.3 is 12.6 Å². The molecule has 2 aliphatic rings. The zero-order valence-electron chi connectivity index (χ0n) is 29.0. The number of benzene rings is 4. The first-order valence-electron chi connectivity index (χ1n) is 17.4. The smallest absolute Gasteiger partial charge is 0.387 e. The lowest BCUT2D eigenvalue weighted by molar-refractivity contribution is -0.172. The van der Waals surface area contributed by atoms with E-state index < -0.39 is 24.3 Å². The maximum Gasteiger partial charge on any atom is 0.387 e. The van der Waals surface area contributed by atoms with Crippen LogP contribution in [0.4, 0.5) is 8.78 Å². The quantitative estimate of drug-likeness (QED) is 0.144. The molecule has 0 aliphatic carbocycles. The highest BCUT2D eigenvalue weighted by Crippen LogP contribution is 2.39. The summed E-state index contributed by atoms with van der Waals surface area (Å²) < 4.78 is 44.2. The minimum Gasteiger partial charge on any atom is -0.480 e. The topological polar surface area (TPSA) is 125 Å². The lowest BCUT2D eigenvalue weighted by Gasteiger charge is -2.46. The van der Waals surface area contributed by atoms with E-state index in [0.29, 0.717) is 54.4 Å². The third-order valence-electron chi connectivity index (χ3n) is 10.6. The van der Waals surface area contributed by atoms with Gasteiger partial charge in [0.2, 0.25) is 11.8 Å². The number of aromatic nitrogens is 2. The molecule has 2 N–H and O–H groups in total. The number of carboxylic acid groups (broad SMARTS) is 1. The lowest BCUT2D eigenvalue weighted by Crippen LogP contribution is -2.56. The monoisotopic (exact) mass is 708 g/mol. The summed E-state index contributed by atoms with van der Waals surface area (Å²) in [5.74, 6) is -0.176. The van der Waals surface area contributed by atoms with Crippen LogP contribution in [0.25, 0.3) is 56.2 Å². The van der Waals surface area contributed by atoms with Gasteiger partial charge in [-0.1, -0.05) is 30.3 Å². The number of rotatable bonds is 10. The zero-order valence-corrected chi connectivity index (χ0v) is 29.0. The van der Waals surface area contributed by atoms with Crippen molar-refractivity contribution >= 4 is 28.2 Å². The SMILES string of the molecule is Cc1c(-c2nc3cc(CN4CCC4(C)O)ccc3o2)cccc1-c1cccc(-c2nc3cc(CN4CCC[C@H]4C(=O)O)c(OC(F)F)cc3o2)c1C. The van der Waals surface area contributed by atoms with Crippen molar-refractivity contribution in [1.29, 1.82) is 0 Å². The highest BCUT2D eigenvalue weighted by molar-refractivity contribution is 5.85. The zero-order chi connectivity index (χ0) is 36.3. The van der Waals surface area contributed by atoms with Gasteiger partial charge in [-0.05, 0) is 98.3 Å². The van der Waals surface area contributed by atoms with Gasteiger partial charge in [-0.15, -0.1) is 0 Å². The molecule has 2 fully saturated rings. The Labute approximate surface area is 298 Å². The van der Waals surface area contributed by atoms with Crippen molar-refractivity contribution < 1.29 is 37.4 Å². The van der Waals surface area contributed by atoms with Crippen LogP contribution in [0.2, 0.25) is 0 Å². The number of fused-ring (bicyclic) bond motifs is 2. The predicted molar refractivity (Wildman–Crippen MR) is 191 cm³/mol. The number of carbonyl (C=O) groups is 1. The van der Waals surface area contributed by atoms with Crippen molar-refractivity contribution in [1.82, 2.24) is 19.8 Å². The molecule has 0 radical (unpaired) electrons. The molecule has 52 heavy (non-hydrogen) atoms. The van der Waals surface area contributed by atoms with Gasteiger partial charge in [-0.3, -0.25) is 14.6 Å². The maximum absolute atomic E-state index is 13.5. The molecular formula is C40H38F2N4O6. The van der Waals surface area contributed by atoms with E-state index >= 15 is 0 Å². The van der Waals surface area contributed by atoms with Gasteiger partial charge in [-0.2, -0.15) is 8.78 Å². The minimum absolute atomic E-state index is 0.0705. The largest absolute Gasteiger partial charge is 0.480 e. The molecule has 0 spiro atoms. The van der Waals surface area contributed by atoms with E-state index in [2.05, 4.69) is 0 Å². The second kappa shape index (κ2) is 13.1. The molecule has 12 heteroatoms. The fourth-order valence-corrected chi connectivity index (χ4v) is 7.52. The Morgan fingerprint density at radius 3 is 2.13 bits per heavy atom. The first-order valence-corrected chi connectivity index (χ1v) is 17.4. The van der Waals surface area contributed by atoms with Crippen molar-refractivity contribution in [2.24, 2.45) is 0 Å². The van der Waals surface area contributed by atoms with E-state index in [1.165, 1.54) is 6.07 Å². The normalized spacial score (nSPS) is 19.6. The van der Waals surface area contributed by atoms with Gasteiger partial charge in [0.25, 0.3) is 0 Å². The summed E-state index contributed by atoms with van der Waals surface area (Å²) in [5, 5.41) is 20.1. The highest BCUT2D eigenvalue weighted by atomic mass is 19.3. The third kappa shape index (κ3) is 6.20.